The Balaban J connectivity index is 1.40. The van der Waals surface area contributed by atoms with Gasteiger partial charge < -0.3 is 5.32 Å². The first-order chi connectivity index (χ1) is 16.1. The van der Waals surface area contributed by atoms with Gasteiger partial charge in [0.05, 0.1) is 12.1 Å². The van der Waals surface area contributed by atoms with Crippen LogP contribution in [-0.4, -0.2) is 32.6 Å². The van der Waals surface area contributed by atoms with Crippen LogP contribution in [-0.2, 0) is 28.7 Å². The second-order valence-electron chi connectivity index (χ2n) is 8.06. The second kappa shape index (κ2) is 9.46. The number of ketones is 1. The Bertz CT molecular complexity index is 1280. The summed E-state index contributed by atoms with van der Waals surface area (Å²) in [6.07, 6.45) is -3.10. The van der Waals surface area contributed by atoms with Crippen molar-refractivity contribution in [1.29, 1.82) is 0 Å². The van der Waals surface area contributed by atoms with Crippen molar-refractivity contribution in [3.8, 4) is 11.4 Å². The van der Waals surface area contributed by atoms with E-state index in [2.05, 4.69) is 10.4 Å². The minimum Gasteiger partial charge on any atom is -0.347 e. The number of aromatic nitrogens is 3. The third-order valence-electron chi connectivity index (χ3n) is 5.32. The van der Waals surface area contributed by atoms with Crippen molar-refractivity contribution in [2.75, 3.05) is 6.54 Å². The Morgan fingerprint density at radius 1 is 1.12 bits per heavy atom. The Kier molecular flexibility index (Phi) is 6.60. The maximum Gasteiger partial charge on any atom is 0.416 e. The van der Waals surface area contributed by atoms with Gasteiger partial charge in [-0.1, -0.05) is 29.8 Å². The van der Waals surface area contributed by atoms with Gasteiger partial charge in [0.2, 0.25) is 5.91 Å². The first-order valence-electron chi connectivity index (χ1n) is 10.5. The van der Waals surface area contributed by atoms with Crippen LogP contribution in [0.25, 0.3) is 11.4 Å². The fourth-order valence-electron chi connectivity index (χ4n) is 3.52. The molecule has 0 aliphatic heterocycles. The van der Waals surface area contributed by atoms with Crippen molar-refractivity contribution in [1.82, 2.24) is 19.7 Å². The van der Waals surface area contributed by atoms with Gasteiger partial charge in [-0.25, -0.2) is 9.48 Å². The number of carbonyl (C=O) groups excluding carboxylic acids is 2. The molecule has 2 aromatic carbocycles. The van der Waals surface area contributed by atoms with Crippen molar-refractivity contribution < 1.29 is 22.8 Å². The van der Waals surface area contributed by atoms with Gasteiger partial charge in [0.25, 0.3) is 0 Å². The molecule has 0 atom stereocenters. The molecule has 1 amide bonds. The largest absolute Gasteiger partial charge is 0.416 e. The maximum atomic E-state index is 12.8. The number of hydrogen-bond acceptors (Lipinski definition) is 4. The van der Waals surface area contributed by atoms with Gasteiger partial charge in [-0.05, 0) is 48.7 Å². The molecule has 1 aliphatic carbocycles. The molecular formula is C23H20ClF3N4O3. The van der Waals surface area contributed by atoms with E-state index in [9.17, 15) is 27.6 Å². The molecule has 1 heterocycles. The van der Waals surface area contributed by atoms with Crippen LogP contribution in [0.1, 0.15) is 30.0 Å². The molecule has 3 aromatic rings. The number of carbonyl (C=O) groups is 2. The van der Waals surface area contributed by atoms with E-state index in [-0.39, 0.29) is 24.6 Å². The van der Waals surface area contributed by atoms with Crippen LogP contribution in [0, 0.1) is 0 Å². The van der Waals surface area contributed by atoms with Crippen molar-refractivity contribution in [2.45, 2.75) is 38.0 Å². The third-order valence-corrected chi connectivity index (χ3v) is 5.57. The molecular weight excluding hydrogens is 473 g/mol. The summed E-state index contributed by atoms with van der Waals surface area (Å²) in [5.41, 5.74) is -0.397. The number of hydrogen-bond donors (Lipinski definition) is 1. The molecule has 4 rings (SSSR count). The lowest BCUT2D eigenvalue weighted by Crippen LogP contribution is -2.36. The molecule has 11 heteroatoms. The number of Topliss-reactive ketones (excluding diaryl/α,β-unsaturated/α-hetero) is 1. The van der Waals surface area contributed by atoms with Gasteiger partial charge in [-0.2, -0.15) is 13.2 Å². The summed E-state index contributed by atoms with van der Waals surface area (Å²) in [6, 6.07) is 11.3. The molecule has 1 saturated carbocycles. The highest BCUT2D eigenvalue weighted by molar-refractivity contribution is 6.30. The Morgan fingerprint density at radius 2 is 1.82 bits per heavy atom. The molecule has 0 spiro atoms. The van der Waals surface area contributed by atoms with E-state index >= 15 is 0 Å². The topological polar surface area (TPSA) is 86.0 Å². The molecule has 1 fully saturated rings. The van der Waals surface area contributed by atoms with Crippen molar-refractivity contribution in [3.63, 3.8) is 0 Å². The molecule has 7 nitrogen and oxygen atoms in total. The highest BCUT2D eigenvalue weighted by atomic mass is 35.5. The smallest absolute Gasteiger partial charge is 0.347 e. The molecule has 0 radical (unpaired) electrons. The van der Waals surface area contributed by atoms with Crippen molar-refractivity contribution in [3.05, 3.63) is 75.2 Å². The average molecular weight is 493 g/mol. The number of benzene rings is 2. The zero-order valence-corrected chi connectivity index (χ0v) is 18.6. The highest BCUT2D eigenvalue weighted by Gasteiger charge is 2.31. The monoisotopic (exact) mass is 492 g/mol. The van der Waals surface area contributed by atoms with E-state index in [4.69, 9.17) is 11.6 Å². The zero-order chi connectivity index (χ0) is 24.5. The van der Waals surface area contributed by atoms with Crippen LogP contribution in [0.3, 0.4) is 0 Å². The van der Waals surface area contributed by atoms with E-state index in [0.29, 0.717) is 16.4 Å². The van der Waals surface area contributed by atoms with E-state index in [1.807, 2.05) is 0 Å². The summed E-state index contributed by atoms with van der Waals surface area (Å²) in [4.78, 5) is 37.4. The minimum absolute atomic E-state index is 0.0176. The second-order valence-corrected chi connectivity index (χ2v) is 8.50. The molecule has 178 valence electrons. The number of rotatable bonds is 8. The Labute approximate surface area is 197 Å². The minimum atomic E-state index is -4.50. The van der Waals surface area contributed by atoms with Crippen molar-refractivity contribution >= 4 is 23.3 Å². The molecule has 0 bridgehead atoms. The summed E-state index contributed by atoms with van der Waals surface area (Å²) >= 11 is 5.93. The molecule has 1 aliphatic rings. The lowest BCUT2D eigenvalue weighted by atomic mass is 10.1. The van der Waals surface area contributed by atoms with Crippen LogP contribution in [0.2, 0.25) is 5.02 Å². The molecule has 1 aromatic heterocycles. The molecule has 0 saturated heterocycles. The predicted molar refractivity (Wildman–Crippen MR) is 118 cm³/mol. The quantitative estimate of drug-likeness (QED) is 0.520. The highest BCUT2D eigenvalue weighted by Crippen LogP contribution is 2.36. The normalized spacial score (nSPS) is 13.6. The van der Waals surface area contributed by atoms with Crippen LogP contribution in [0.15, 0.2) is 53.3 Å². The lowest BCUT2D eigenvalue weighted by Gasteiger charge is -2.09. The SMILES string of the molecule is O=C(CNC(=O)Cn1nc(-c2ccc(Cl)cc2)n(C2CC2)c1=O)Cc1cccc(C(F)(F)F)c1. The number of halogens is 4. The van der Waals surface area contributed by atoms with E-state index in [1.165, 1.54) is 12.1 Å². The van der Waals surface area contributed by atoms with Crippen LogP contribution in [0.5, 0.6) is 0 Å². The summed E-state index contributed by atoms with van der Waals surface area (Å²) in [5.74, 6) is -0.648. The predicted octanol–water partition coefficient (Wildman–Crippen LogP) is 3.65. The fourth-order valence-corrected chi connectivity index (χ4v) is 3.64. The number of amides is 1. The third kappa shape index (κ3) is 5.56. The lowest BCUT2D eigenvalue weighted by molar-refractivity contribution is -0.137. The van der Waals surface area contributed by atoms with Crippen LogP contribution in [0.4, 0.5) is 13.2 Å². The molecule has 0 unspecified atom stereocenters. The Hall–Kier alpha value is -3.40. The van der Waals surface area contributed by atoms with Gasteiger partial charge in [-0.3, -0.25) is 14.2 Å². The number of nitrogens with one attached hydrogen (secondary N) is 1. The zero-order valence-electron chi connectivity index (χ0n) is 17.8. The van der Waals surface area contributed by atoms with Gasteiger partial charge in [-0.15, -0.1) is 5.10 Å². The average Bonchev–Trinajstić information content (AvgIpc) is 3.57. The summed E-state index contributed by atoms with van der Waals surface area (Å²) in [7, 11) is 0. The van der Waals surface area contributed by atoms with E-state index < -0.39 is 35.7 Å². The van der Waals surface area contributed by atoms with Gasteiger partial charge in [0, 0.05) is 23.0 Å². The first kappa shape index (κ1) is 23.7. The fraction of sp³-hybridized carbons (Fsp3) is 0.304. The molecule has 34 heavy (non-hydrogen) atoms. The summed E-state index contributed by atoms with van der Waals surface area (Å²) < 4.78 is 41.1. The summed E-state index contributed by atoms with van der Waals surface area (Å²) in [5, 5.41) is 7.26. The van der Waals surface area contributed by atoms with Gasteiger partial charge in [0.15, 0.2) is 11.6 Å². The van der Waals surface area contributed by atoms with Crippen LogP contribution >= 0.6 is 11.6 Å². The van der Waals surface area contributed by atoms with Gasteiger partial charge in [0.1, 0.15) is 6.54 Å². The number of nitrogens with zero attached hydrogens (tertiary/aromatic N) is 3. The summed E-state index contributed by atoms with van der Waals surface area (Å²) in [6.45, 7) is -0.771. The van der Waals surface area contributed by atoms with E-state index in [1.54, 1.807) is 28.8 Å². The van der Waals surface area contributed by atoms with Gasteiger partial charge >= 0.3 is 11.9 Å². The molecule has 1 N–H and O–H groups in total. The van der Waals surface area contributed by atoms with E-state index in [0.717, 1.165) is 29.7 Å². The number of alkyl halides is 3. The Morgan fingerprint density at radius 3 is 2.47 bits per heavy atom. The maximum absolute atomic E-state index is 12.8. The standard InChI is InChI=1S/C23H20ClF3N4O3/c24-17-6-4-15(5-7-17)21-29-30(22(34)31(21)18-8-9-18)13-20(33)28-12-19(32)11-14-2-1-3-16(10-14)23(25,26)27/h1-7,10,18H,8-9,11-13H2,(H,28,33). The van der Waals surface area contributed by atoms with Crippen LogP contribution < -0.4 is 11.0 Å². The van der Waals surface area contributed by atoms with Crippen molar-refractivity contribution in [2.24, 2.45) is 0 Å². The first-order valence-corrected chi connectivity index (χ1v) is 10.9.